The van der Waals surface area contributed by atoms with Gasteiger partial charge in [0.15, 0.2) is 0 Å². The van der Waals surface area contributed by atoms with Gasteiger partial charge in [0.25, 0.3) is 0 Å². The van der Waals surface area contributed by atoms with Crippen LogP contribution in [0.5, 0.6) is 0 Å². The third-order valence-corrected chi connectivity index (χ3v) is 6.27. The number of thiol groups is 1. The number of nitrogens with zero attached hydrogens (tertiary/aromatic N) is 1. The van der Waals surface area contributed by atoms with Crippen molar-refractivity contribution in [1.29, 1.82) is 0 Å². The van der Waals surface area contributed by atoms with Crippen molar-refractivity contribution in [2.45, 2.75) is 46.0 Å². The quantitative estimate of drug-likeness (QED) is 0.238. The minimum atomic E-state index is -2.70. The standard InChI is InChI=1S/C27H31N3O2S/c1-18(2)25-17-30(23-13-11-22(12-14-23)28-29-33(31)32)26-16-20(8-15-24(25)26)19-6-9-21(10-7-19)27(3,4)5/h6-18,28,33H,1-5H3,(H,29,31,32). The molecule has 0 amide bonds. The minimum absolute atomic E-state index is 0.128. The Morgan fingerprint density at radius 2 is 1.48 bits per heavy atom. The molecule has 5 nitrogen and oxygen atoms in total. The van der Waals surface area contributed by atoms with Gasteiger partial charge in [-0.2, -0.15) is 0 Å². The summed E-state index contributed by atoms with van der Waals surface area (Å²) in [6.45, 7) is 11.1. The predicted octanol–water partition coefficient (Wildman–Crippen LogP) is 6.16. The Morgan fingerprint density at radius 3 is 2.06 bits per heavy atom. The smallest absolute Gasteiger partial charge is 0.218 e. The fourth-order valence-electron chi connectivity index (χ4n) is 4.08. The molecule has 0 radical (unpaired) electrons. The lowest BCUT2D eigenvalue weighted by Crippen LogP contribution is -2.18. The Labute approximate surface area is 197 Å². The minimum Gasteiger partial charge on any atom is -0.316 e. The SMILES string of the molecule is CC(C)c1cn(-c2ccc(NN[SH](=O)=O)cc2)c2cc(-c3ccc(C(C)(C)C)cc3)ccc12. The van der Waals surface area contributed by atoms with E-state index in [9.17, 15) is 8.42 Å². The van der Waals surface area contributed by atoms with Gasteiger partial charge < -0.3 is 9.99 Å². The van der Waals surface area contributed by atoms with Crippen LogP contribution in [0.15, 0.2) is 72.9 Å². The van der Waals surface area contributed by atoms with Crippen molar-refractivity contribution < 1.29 is 8.42 Å². The third kappa shape index (κ3) is 4.97. The molecule has 0 saturated carbocycles. The number of rotatable bonds is 6. The lowest BCUT2D eigenvalue weighted by atomic mass is 9.86. The van der Waals surface area contributed by atoms with Gasteiger partial charge in [0, 0.05) is 23.0 Å². The first-order valence-corrected chi connectivity index (χ1v) is 12.3. The maximum Gasteiger partial charge on any atom is 0.218 e. The molecular weight excluding hydrogens is 430 g/mol. The highest BCUT2D eigenvalue weighted by molar-refractivity contribution is 7.70. The lowest BCUT2D eigenvalue weighted by molar-refractivity contribution is 0.590. The molecule has 0 unspecified atom stereocenters. The van der Waals surface area contributed by atoms with E-state index in [2.05, 4.69) is 98.1 Å². The van der Waals surface area contributed by atoms with E-state index >= 15 is 0 Å². The molecule has 0 aliphatic heterocycles. The molecule has 172 valence electrons. The maximum absolute atomic E-state index is 10.7. The van der Waals surface area contributed by atoms with Crippen LogP contribution in [0.1, 0.15) is 51.7 Å². The van der Waals surface area contributed by atoms with Gasteiger partial charge in [0.2, 0.25) is 10.9 Å². The normalized spacial score (nSPS) is 12.1. The highest BCUT2D eigenvalue weighted by atomic mass is 32.2. The van der Waals surface area contributed by atoms with Crippen LogP contribution in [0.25, 0.3) is 27.7 Å². The van der Waals surface area contributed by atoms with Gasteiger partial charge in [-0.15, -0.1) is 4.83 Å². The molecule has 0 aliphatic carbocycles. The van der Waals surface area contributed by atoms with E-state index in [1.54, 1.807) is 0 Å². The molecular formula is C27H31N3O2S. The molecule has 0 atom stereocenters. The molecule has 4 rings (SSSR count). The molecule has 4 aromatic rings. The van der Waals surface area contributed by atoms with Gasteiger partial charge in [-0.05, 0) is 63.9 Å². The topological polar surface area (TPSA) is 63.1 Å². The number of fused-ring (bicyclic) bond motifs is 1. The van der Waals surface area contributed by atoms with Gasteiger partial charge in [-0.1, -0.05) is 71.0 Å². The largest absolute Gasteiger partial charge is 0.316 e. The molecule has 1 aromatic heterocycles. The first kappa shape index (κ1) is 23.1. The Bertz CT molecular complexity index is 1340. The zero-order valence-electron chi connectivity index (χ0n) is 19.7. The fraction of sp³-hybridized carbons (Fsp3) is 0.259. The predicted molar refractivity (Wildman–Crippen MR) is 139 cm³/mol. The van der Waals surface area contributed by atoms with E-state index in [1.165, 1.54) is 27.6 Å². The Hall–Kier alpha value is -3.09. The van der Waals surface area contributed by atoms with Crippen LogP contribution in [-0.4, -0.2) is 13.0 Å². The summed E-state index contributed by atoms with van der Waals surface area (Å²) >= 11 is 0. The van der Waals surface area contributed by atoms with E-state index in [1.807, 2.05) is 24.3 Å². The highest BCUT2D eigenvalue weighted by Crippen LogP contribution is 2.34. The van der Waals surface area contributed by atoms with Gasteiger partial charge in [0.1, 0.15) is 0 Å². The number of benzene rings is 3. The number of hydrogen-bond donors (Lipinski definition) is 3. The number of nitrogens with one attached hydrogen (secondary N) is 2. The second kappa shape index (κ2) is 9.04. The van der Waals surface area contributed by atoms with E-state index in [4.69, 9.17) is 0 Å². The molecule has 3 aromatic carbocycles. The van der Waals surface area contributed by atoms with Crippen LogP contribution in [0.3, 0.4) is 0 Å². The first-order valence-electron chi connectivity index (χ1n) is 11.2. The number of aromatic nitrogens is 1. The lowest BCUT2D eigenvalue weighted by Gasteiger charge is -2.19. The zero-order valence-corrected chi connectivity index (χ0v) is 20.6. The summed E-state index contributed by atoms with van der Waals surface area (Å²) in [4.78, 5) is 2.21. The van der Waals surface area contributed by atoms with Gasteiger partial charge in [-0.3, -0.25) is 0 Å². The number of hydrazine groups is 1. The summed E-state index contributed by atoms with van der Waals surface area (Å²) in [6.07, 6.45) is 2.21. The van der Waals surface area contributed by atoms with Crippen molar-refractivity contribution in [2.24, 2.45) is 0 Å². The molecule has 1 heterocycles. The number of hydrogen-bond acceptors (Lipinski definition) is 3. The van der Waals surface area contributed by atoms with Crippen LogP contribution >= 0.6 is 0 Å². The monoisotopic (exact) mass is 461 g/mol. The second-order valence-electron chi connectivity index (χ2n) is 9.71. The van der Waals surface area contributed by atoms with E-state index in [0.717, 1.165) is 11.2 Å². The van der Waals surface area contributed by atoms with Gasteiger partial charge in [0.05, 0.1) is 5.52 Å². The summed E-state index contributed by atoms with van der Waals surface area (Å²) in [6, 6.07) is 23.2. The highest BCUT2D eigenvalue weighted by Gasteiger charge is 2.15. The van der Waals surface area contributed by atoms with Crippen LogP contribution < -0.4 is 10.3 Å². The van der Waals surface area contributed by atoms with Crippen molar-refractivity contribution in [1.82, 2.24) is 9.40 Å². The molecule has 0 saturated heterocycles. The fourth-order valence-corrected chi connectivity index (χ4v) is 4.31. The van der Waals surface area contributed by atoms with Crippen molar-refractivity contribution >= 4 is 27.5 Å². The molecule has 0 aliphatic rings. The van der Waals surface area contributed by atoms with Crippen molar-refractivity contribution in [2.75, 3.05) is 5.43 Å². The van der Waals surface area contributed by atoms with Crippen molar-refractivity contribution in [3.8, 4) is 16.8 Å². The molecule has 6 heteroatoms. The molecule has 0 bridgehead atoms. The maximum atomic E-state index is 10.7. The van der Waals surface area contributed by atoms with E-state index in [0.29, 0.717) is 11.6 Å². The Kier molecular flexibility index (Phi) is 6.32. The van der Waals surface area contributed by atoms with E-state index < -0.39 is 10.9 Å². The molecule has 2 N–H and O–H groups in total. The van der Waals surface area contributed by atoms with Crippen LogP contribution in [-0.2, 0) is 16.3 Å². The summed E-state index contributed by atoms with van der Waals surface area (Å²) < 4.78 is 23.7. The van der Waals surface area contributed by atoms with Gasteiger partial charge >= 0.3 is 0 Å². The molecule has 0 fully saturated rings. The number of anilines is 1. The summed E-state index contributed by atoms with van der Waals surface area (Å²) in [5, 5.41) is 1.24. The van der Waals surface area contributed by atoms with Crippen LogP contribution in [0, 0.1) is 0 Å². The Morgan fingerprint density at radius 1 is 0.848 bits per heavy atom. The average molecular weight is 462 g/mol. The van der Waals surface area contributed by atoms with Crippen molar-refractivity contribution in [3.63, 3.8) is 0 Å². The second-order valence-corrected chi connectivity index (χ2v) is 10.4. The van der Waals surface area contributed by atoms with Crippen LogP contribution in [0.2, 0.25) is 0 Å². The molecule has 0 spiro atoms. The Balaban J connectivity index is 1.76. The van der Waals surface area contributed by atoms with Crippen molar-refractivity contribution in [3.05, 3.63) is 84.1 Å². The summed E-state index contributed by atoms with van der Waals surface area (Å²) in [5.41, 5.74) is 10.6. The molecule has 33 heavy (non-hydrogen) atoms. The first-order chi connectivity index (χ1) is 15.6. The third-order valence-electron chi connectivity index (χ3n) is 5.98. The summed E-state index contributed by atoms with van der Waals surface area (Å²) in [5.74, 6) is 0.393. The average Bonchev–Trinajstić information content (AvgIpc) is 3.17. The van der Waals surface area contributed by atoms with Crippen LogP contribution in [0.4, 0.5) is 5.69 Å². The van der Waals surface area contributed by atoms with Gasteiger partial charge in [-0.25, -0.2) is 8.42 Å². The van der Waals surface area contributed by atoms with E-state index in [-0.39, 0.29) is 5.41 Å². The summed E-state index contributed by atoms with van der Waals surface area (Å²) in [7, 11) is -2.70. The zero-order chi connectivity index (χ0) is 23.8.